The summed E-state index contributed by atoms with van der Waals surface area (Å²) in [6.45, 7) is 4.38. The number of sulfonamides is 1. The van der Waals surface area contributed by atoms with Crippen LogP contribution < -0.4 is 27.2 Å². The molecule has 1 aliphatic carbocycles. The number of primary amides is 1. The molecule has 0 saturated heterocycles. The Kier molecular flexibility index (Phi) is 18.0. The van der Waals surface area contributed by atoms with Crippen LogP contribution in [0.15, 0.2) is 42.7 Å². The molecule has 47 heavy (non-hydrogen) atoms. The van der Waals surface area contributed by atoms with Gasteiger partial charge in [0.1, 0.15) is 12.1 Å². The second-order valence-electron chi connectivity index (χ2n) is 13.1. The molecular weight excluding hydrogens is 620 g/mol. The van der Waals surface area contributed by atoms with E-state index >= 15 is 0 Å². The molecule has 0 radical (unpaired) electrons. The van der Waals surface area contributed by atoms with E-state index in [4.69, 9.17) is 12.3 Å². The van der Waals surface area contributed by atoms with Gasteiger partial charge in [-0.25, -0.2) is 17.5 Å². The summed E-state index contributed by atoms with van der Waals surface area (Å²) in [5, 5.41) is 29.1. The predicted octanol–water partition coefficient (Wildman–Crippen LogP) is 0.336. The zero-order valence-electron chi connectivity index (χ0n) is 28.2. The first-order valence-electron chi connectivity index (χ1n) is 16.7. The van der Waals surface area contributed by atoms with Gasteiger partial charge in [-0.1, -0.05) is 76.3 Å². The SMILES string of the molecule is C#CC[C@H](NC(=O)[C@H](Cc1ccccc1)CS(=O)(=O)N(C)CCN/C=C\NN)C(=O)[NH2+]C(CC1CCCCC1)C(O)[C@@H](O)CC(C)C. The maximum Gasteiger partial charge on any atom is 0.334 e. The van der Waals surface area contributed by atoms with Crippen LogP contribution in [0.2, 0.25) is 0 Å². The Labute approximate surface area is 281 Å². The van der Waals surface area contributed by atoms with E-state index in [1.807, 2.05) is 44.2 Å². The third kappa shape index (κ3) is 14.8. The number of benzene rings is 1. The molecular formula is C34H57N6O6S+. The number of carbonyl (C=O) groups excluding carboxylic acids is 2. The highest BCUT2D eigenvalue weighted by Gasteiger charge is 2.37. The van der Waals surface area contributed by atoms with E-state index in [2.05, 4.69) is 22.0 Å². The van der Waals surface area contributed by atoms with Crippen molar-refractivity contribution < 1.29 is 33.5 Å². The zero-order valence-corrected chi connectivity index (χ0v) is 29.0. The molecule has 1 saturated carbocycles. The van der Waals surface area contributed by atoms with Crippen molar-refractivity contribution >= 4 is 21.8 Å². The van der Waals surface area contributed by atoms with Gasteiger partial charge in [-0.3, -0.25) is 16.0 Å². The van der Waals surface area contributed by atoms with Gasteiger partial charge < -0.3 is 26.3 Å². The van der Waals surface area contributed by atoms with Gasteiger partial charge in [0.2, 0.25) is 15.9 Å². The first-order valence-corrected chi connectivity index (χ1v) is 18.3. The lowest BCUT2D eigenvalue weighted by Crippen LogP contribution is -2.98. The van der Waals surface area contributed by atoms with Gasteiger partial charge in [0, 0.05) is 45.4 Å². The Morgan fingerprint density at radius 2 is 1.83 bits per heavy atom. The van der Waals surface area contributed by atoms with E-state index in [0.29, 0.717) is 25.3 Å². The van der Waals surface area contributed by atoms with E-state index in [9.17, 15) is 28.2 Å². The highest BCUT2D eigenvalue weighted by atomic mass is 32.2. The van der Waals surface area contributed by atoms with Crippen molar-refractivity contribution in [3.05, 3.63) is 48.3 Å². The maximum absolute atomic E-state index is 13.8. The molecule has 0 heterocycles. The van der Waals surface area contributed by atoms with Crippen LogP contribution in [0.4, 0.5) is 0 Å². The summed E-state index contributed by atoms with van der Waals surface area (Å²) in [7, 11) is -2.43. The predicted molar refractivity (Wildman–Crippen MR) is 183 cm³/mol. The number of aliphatic hydroxyl groups is 2. The topological polar surface area (TPSA) is 191 Å². The maximum atomic E-state index is 13.8. The van der Waals surface area contributed by atoms with Crippen molar-refractivity contribution in [3.8, 4) is 12.3 Å². The average Bonchev–Trinajstić information content (AvgIpc) is 3.03. The molecule has 0 spiro atoms. The second-order valence-corrected chi connectivity index (χ2v) is 15.2. The van der Waals surface area contributed by atoms with Gasteiger partial charge >= 0.3 is 5.91 Å². The van der Waals surface area contributed by atoms with Crippen LogP contribution in [0.25, 0.3) is 0 Å². The highest BCUT2D eigenvalue weighted by Crippen LogP contribution is 2.28. The van der Waals surface area contributed by atoms with Crippen molar-refractivity contribution in [2.75, 3.05) is 25.9 Å². The van der Waals surface area contributed by atoms with Gasteiger partial charge in [-0.05, 0) is 30.2 Å². The molecule has 0 aliphatic heterocycles. The summed E-state index contributed by atoms with van der Waals surface area (Å²) in [5.74, 6) is 5.56. The molecule has 0 aromatic heterocycles. The highest BCUT2D eigenvalue weighted by molar-refractivity contribution is 7.89. The van der Waals surface area contributed by atoms with Gasteiger partial charge in [-0.15, -0.1) is 12.3 Å². The Balaban J connectivity index is 2.24. The first kappa shape index (κ1) is 40.2. The number of hydrogen-bond donors (Lipinski definition) is 7. The molecule has 2 rings (SSSR count). The van der Waals surface area contributed by atoms with E-state index in [1.54, 1.807) is 6.20 Å². The molecule has 5 atom stereocenters. The Morgan fingerprint density at radius 1 is 1.15 bits per heavy atom. The number of nitrogens with two attached hydrogens (primary N) is 2. The van der Waals surface area contributed by atoms with Crippen LogP contribution in [0.1, 0.15) is 70.8 Å². The fourth-order valence-corrected chi connectivity index (χ4v) is 7.44. The molecule has 2 amide bonds. The van der Waals surface area contributed by atoms with Crippen molar-refractivity contribution in [2.45, 2.75) is 95.9 Å². The second kappa shape index (κ2) is 21.1. The average molecular weight is 678 g/mol. The number of hydrogen-bond acceptors (Lipinski definition) is 9. The summed E-state index contributed by atoms with van der Waals surface area (Å²) in [6, 6.07) is 7.36. The van der Waals surface area contributed by atoms with Gasteiger partial charge in [0.15, 0.2) is 6.04 Å². The molecule has 1 aromatic carbocycles. The number of nitrogens with zero attached hydrogens (tertiary/aromatic N) is 1. The van der Waals surface area contributed by atoms with Gasteiger partial charge in [0.25, 0.3) is 0 Å². The monoisotopic (exact) mass is 677 g/mol. The number of carbonyl (C=O) groups is 2. The number of aliphatic hydroxyl groups excluding tert-OH is 2. The van der Waals surface area contributed by atoms with Crippen molar-refractivity contribution in [3.63, 3.8) is 0 Å². The van der Waals surface area contributed by atoms with Crippen molar-refractivity contribution in [1.29, 1.82) is 0 Å². The number of terminal acetylenes is 1. The Bertz CT molecular complexity index is 1250. The number of hydrazine groups is 1. The molecule has 9 N–H and O–H groups in total. The fourth-order valence-electron chi connectivity index (χ4n) is 6.04. The minimum Gasteiger partial charge on any atom is -0.390 e. The summed E-state index contributed by atoms with van der Waals surface area (Å²) in [6.07, 6.45) is 12.8. The van der Waals surface area contributed by atoms with E-state index < -0.39 is 57.8 Å². The molecule has 2 unspecified atom stereocenters. The van der Waals surface area contributed by atoms with Crippen molar-refractivity contribution in [2.24, 2.45) is 23.6 Å². The fraction of sp³-hybridized carbons (Fsp3) is 0.647. The van der Waals surface area contributed by atoms with Crippen LogP contribution in [0, 0.1) is 30.1 Å². The van der Waals surface area contributed by atoms with Crippen LogP contribution >= 0.6 is 0 Å². The molecule has 264 valence electrons. The standard InChI is InChI=1S/C34H56N6O6S/c1-5-12-29(34(44)39-30(23-27-15-10-7-11-16-27)32(42)31(41)21-25(2)3)38-33(43)28(22-26-13-8-6-9-14-26)24-47(45,46)40(4)20-19-36-17-18-37-35/h1,6,8-9,13-14,17-18,25,27-32,36-37,41-42H,7,10-12,15-16,19-24,35H2,2-4H3,(H,38,43)(H,39,44)/p+1/b18-17-/t28-,29+,30?,31+,32?/m1/s1. The summed E-state index contributed by atoms with van der Waals surface area (Å²) in [4.78, 5) is 27.5. The van der Waals surface area contributed by atoms with Gasteiger partial charge in [-0.2, -0.15) is 0 Å². The molecule has 1 aliphatic rings. The lowest BCUT2D eigenvalue weighted by atomic mass is 9.82. The smallest absolute Gasteiger partial charge is 0.334 e. The molecule has 1 fully saturated rings. The Morgan fingerprint density at radius 3 is 2.45 bits per heavy atom. The minimum absolute atomic E-state index is 0.108. The number of amides is 2. The number of quaternary nitrogens is 1. The molecule has 1 aromatic rings. The lowest BCUT2D eigenvalue weighted by Gasteiger charge is -2.31. The third-order valence-electron chi connectivity index (χ3n) is 8.69. The molecule has 0 bridgehead atoms. The lowest BCUT2D eigenvalue weighted by molar-refractivity contribution is -0.620. The van der Waals surface area contributed by atoms with Crippen LogP contribution in [-0.2, 0) is 26.0 Å². The van der Waals surface area contributed by atoms with Crippen molar-refractivity contribution in [1.82, 2.24) is 20.4 Å². The minimum atomic E-state index is -3.88. The van der Waals surface area contributed by atoms with E-state index in [1.165, 1.54) is 22.9 Å². The van der Waals surface area contributed by atoms with Gasteiger partial charge in [0.05, 0.1) is 17.8 Å². The summed E-state index contributed by atoms with van der Waals surface area (Å²) in [5.41, 5.74) is 3.12. The third-order valence-corrected chi connectivity index (χ3v) is 10.6. The van der Waals surface area contributed by atoms with Crippen LogP contribution in [0.5, 0.6) is 0 Å². The first-order chi connectivity index (χ1) is 22.4. The molecule has 12 nitrogen and oxygen atoms in total. The zero-order chi connectivity index (χ0) is 34.8. The number of rotatable bonds is 21. The quantitative estimate of drug-likeness (QED) is 0.0416. The summed E-state index contributed by atoms with van der Waals surface area (Å²) < 4.78 is 27.9. The Hall–Kier alpha value is -2.99. The van der Waals surface area contributed by atoms with Crippen LogP contribution in [0.3, 0.4) is 0 Å². The summed E-state index contributed by atoms with van der Waals surface area (Å²) >= 11 is 0. The largest absolute Gasteiger partial charge is 0.390 e. The van der Waals surface area contributed by atoms with Crippen LogP contribution in [-0.4, -0.2) is 84.9 Å². The normalized spacial score (nSPS) is 17.5. The van der Waals surface area contributed by atoms with E-state index in [0.717, 1.165) is 37.7 Å². The van der Waals surface area contributed by atoms with E-state index in [-0.39, 0.29) is 25.3 Å². The number of nitrogens with one attached hydrogen (secondary N) is 3. The number of likely N-dealkylation sites (N-methyl/N-ethyl adjacent to an activating group) is 1. The molecule has 13 heteroatoms.